The van der Waals surface area contributed by atoms with Gasteiger partial charge in [-0.2, -0.15) is 26.3 Å². The lowest BCUT2D eigenvalue weighted by Gasteiger charge is -2.39. The van der Waals surface area contributed by atoms with Crippen molar-refractivity contribution in [1.29, 1.82) is 0 Å². The highest BCUT2D eigenvalue weighted by Crippen LogP contribution is 2.47. The third-order valence-corrected chi connectivity index (χ3v) is 19.3. The van der Waals surface area contributed by atoms with E-state index < -0.39 is 88.2 Å². The van der Waals surface area contributed by atoms with Gasteiger partial charge in [0.25, 0.3) is 0 Å². The average molecular weight is 1210 g/mol. The summed E-state index contributed by atoms with van der Waals surface area (Å²) in [6.45, 7) is 12.6. The van der Waals surface area contributed by atoms with Gasteiger partial charge in [0, 0.05) is 72.9 Å². The first-order chi connectivity index (χ1) is 39.9. The summed E-state index contributed by atoms with van der Waals surface area (Å²) in [5.74, 6) is -6.75. The van der Waals surface area contributed by atoms with Gasteiger partial charge in [0.2, 0.25) is 0 Å². The average Bonchev–Trinajstić information content (AvgIpc) is 3.62. The number of benzene rings is 3. The first-order valence-electron chi connectivity index (χ1n) is 31.3. The van der Waals surface area contributed by atoms with Crippen LogP contribution in [-0.4, -0.2) is 56.5 Å². The van der Waals surface area contributed by atoms with Crippen molar-refractivity contribution in [2.24, 2.45) is 53.3 Å². The predicted octanol–water partition coefficient (Wildman–Crippen LogP) is 19.9. The van der Waals surface area contributed by atoms with Crippen molar-refractivity contribution in [1.82, 2.24) is 0 Å². The van der Waals surface area contributed by atoms with E-state index in [1.54, 1.807) is 0 Å². The molecule has 0 amide bonds. The number of rotatable bonds is 18. The van der Waals surface area contributed by atoms with Crippen LogP contribution in [0.1, 0.15) is 192 Å². The highest BCUT2D eigenvalue weighted by Gasteiger charge is 2.48. The van der Waals surface area contributed by atoms with Crippen molar-refractivity contribution < 1.29 is 81.1 Å². The van der Waals surface area contributed by atoms with E-state index in [-0.39, 0.29) is 35.0 Å². The normalized spacial score (nSPS) is 28.9. The number of ether oxygens (including phenoxy) is 6. The zero-order chi connectivity index (χ0) is 60.9. The molecule has 474 valence electrons. The van der Waals surface area contributed by atoms with Gasteiger partial charge in [0.15, 0.2) is 0 Å². The zero-order valence-electron chi connectivity index (χ0n) is 50.0. The SMILES string of the molecule is CCC1CCC(C2CCC(C(F)(F)Oc3cc(F)c(C)c(F)c3)CC2)OC1.CCCC1CCC(C2CCC(C(F)(F)Oc3cc(F)c(C)c(F)c3)CC2)OC1.CCCCC1CCC(C2CCC(C(F)(F)Oc3cc(F)c(C)c(F)c3)CC2)OC1. The largest absolute Gasteiger partial charge is 0.432 e. The highest BCUT2D eigenvalue weighted by atomic mass is 19.3. The van der Waals surface area contributed by atoms with E-state index in [0.717, 1.165) is 108 Å². The molecular weight excluding hydrogens is 1120 g/mol. The van der Waals surface area contributed by atoms with E-state index in [0.29, 0.717) is 113 Å². The second kappa shape index (κ2) is 30.8. The molecule has 3 heterocycles. The molecule has 6 unspecified atom stereocenters. The van der Waals surface area contributed by atoms with Gasteiger partial charge in [-0.25, -0.2) is 26.3 Å². The molecule has 18 heteroatoms. The first kappa shape index (κ1) is 67.6. The lowest BCUT2D eigenvalue weighted by molar-refractivity contribution is -0.226. The molecule has 6 aliphatic rings. The van der Waals surface area contributed by atoms with Gasteiger partial charge in [-0.05, 0) is 185 Å². The molecule has 3 saturated heterocycles. The molecule has 0 N–H and O–H groups in total. The summed E-state index contributed by atoms with van der Waals surface area (Å²) in [4.78, 5) is 0. The van der Waals surface area contributed by atoms with Crippen molar-refractivity contribution in [2.45, 2.75) is 232 Å². The van der Waals surface area contributed by atoms with Crippen LogP contribution in [0.3, 0.4) is 0 Å². The Labute approximate surface area is 490 Å². The minimum Gasteiger partial charge on any atom is -0.432 e. The van der Waals surface area contributed by atoms with Gasteiger partial charge in [-0.15, -0.1) is 0 Å². The fraction of sp³-hybridized carbons (Fsp3) is 0.727. The van der Waals surface area contributed by atoms with E-state index in [4.69, 9.17) is 28.4 Å². The number of halogens is 12. The van der Waals surface area contributed by atoms with Gasteiger partial charge in [0.05, 0.1) is 36.1 Å². The molecule has 0 radical (unpaired) electrons. The monoisotopic (exact) mass is 1210 g/mol. The van der Waals surface area contributed by atoms with Crippen molar-refractivity contribution >= 4 is 0 Å². The Morgan fingerprint density at radius 1 is 0.369 bits per heavy atom. The Kier molecular flexibility index (Phi) is 24.8. The predicted molar refractivity (Wildman–Crippen MR) is 298 cm³/mol. The third-order valence-electron chi connectivity index (χ3n) is 19.3. The Hall–Kier alpha value is -3.90. The van der Waals surface area contributed by atoms with Crippen LogP contribution in [0.2, 0.25) is 0 Å². The molecule has 3 aromatic rings. The van der Waals surface area contributed by atoms with Gasteiger partial charge in [0.1, 0.15) is 52.2 Å². The molecule has 0 aromatic heterocycles. The second-order valence-corrected chi connectivity index (χ2v) is 25.1. The van der Waals surface area contributed by atoms with E-state index in [1.807, 2.05) is 0 Å². The van der Waals surface area contributed by atoms with E-state index in [2.05, 4.69) is 20.8 Å². The summed E-state index contributed by atoms with van der Waals surface area (Å²) in [7, 11) is 0. The molecular formula is C66H90F12O6. The number of alkyl halides is 6. The summed E-state index contributed by atoms with van der Waals surface area (Å²) in [6.07, 6.45) is 9.73. The zero-order valence-corrected chi connectivity index (χ0v) is 50.0. The summed E-state index contributed by atoms with van der Waals surface area (Å²) in [5, 5.41) is 0. The number of hydrogen-bond acceptors (Lipinski definition) is 6. The number of unbranched alkanes of at least 4 members (excludes halogenated alkanes) is 1. The van der Waals surface area contributed by atoms with Crippen LogP contribution in [0.4, 0.5) is 52.7 Å². The second-order valence-electron chi connectivity index (χ2n) is 25.1. The molecule has 0 spiro atoms. The third kappa shape index (κ3) is 18.6. The first-order valence-corrected chi connectivity index (χ1v) is 31.3. The van der Waals surface area contributed by atoms with Crippen LogP contribution in [0.15, 0.2) is 36.4 Å². The number of hydrogen-bond donors (Lipinski definition) is 0. The van der Waals surface area contributed by atoms with E-state index in [9.17, 15) is 52.7 Å². The van der Waals surface area contributed by atoms with Gasteiger partial charge < -0.3 is 28.4 Å². The highest BCUT2D eigenvalue weighted by molar-refractivity contribution is 5.32. The van der Waals surface area contributed by atoms with Crippen molar-refractivity contribution in [3.8, 4) is 17.2 Å². The fourth-order valence-corrected chi connectivity index (χ4v) is 13.5. The lowest BCUT2D eigenvalue weighted by atomic mass is 9.76. The minimum atomic E-state index is -3.45. The quantitative estimate of drug-likeness (QED) is 0.118. The Morgan fingerprint density at radius 3 is 0.881 bits per heavy atom. The fourth-order valence-electron chi connectivity index (χ4n) is 13.5. The van der Waals surface area contributed by atoms with Gasteiger partial charge in [-0.1, -0.05) is 46.5 Å². The molecule has 3 aliphatic heterocycles. The standard InChI is InChI=1S/C23H32F4O2.C22H30F4O2.C21H28F4O2/c1-3-4-5-16-6-11-22(28-14-16)17-7-9-18(10-8-17)23(26,27)29-19-12-20(24)15(2)21(25)13-19;1-3-4-15-5-10-21(27-13-15)16-6-8-17(9-7-16)22(25,26)28-18-11-19(23)14(2)20(24)12-18;1-3-14-4-9-20(26-12-14)15-5-7-16(8-6-15)21(24,25)27-17-10-18(22)13(2)19(23)11-17/h12-13,16-18,22H,3-11,14H2,1-2H3;11-12,15-17,21H,3-10,13H2,1-2H3;10-11,14-16,20H,3-9,12H2,1-2H3. The Morgan fingerprint density at radius 2 is 0.643 bits per heavy atom. The molecule has 3 saturated carbocycles. The van der Waals surface area contributed by atoms with Gasteiger partial charge >= 0.3 is 18.3 Å². The van der Waals surface area contributed by atoms with Crippen LogP contribution in [-0.2, 0) is 14.2 Å². The summed E-state index contributed by atoms with van der Waals surface area (Å²) in [5.41, 5.74) is -0.612. The molecule has 6 fully saturated rings. The summed E-state index contributed by atoms with van der Waals surface area (Å²) >= 11 is 0. The minimum absolute atomic E-state index is 0.170. The molecule has 9 rings (SSSR count). The topological polar surface area (TPSA) is 55.4 Å². The Balaban J connectivity index is 0.000000181. The van der Waals surface area contributed by atoms with Crippen LogP contribution in [0, 0.1) is 109 Å². The van der Waals surface area contributed by atoms with Crippen LogP contribution < -0.4 is 14.2 Å². The maximum Gasteiger partial charge on any atom is 0.400 e. The van der Waals surface area contributed by atoms with Crippen molar-refractivity contribution in [3.05, 3.63) is 88.0 Å². The molecule has 3 aliphatic carbocycles. The smallest absolute Gasteiger partial charge is 0.400 e. The summed E-state index contributed by atoms with van der Waals surface area (Å²) in [6, 6.07) is 4.92. The van der Waals surface area contributed by atoms with Crippen molar-refractivity contribution in [3.63, 3.8) is 0 Å². The van der Waals surface area contributed by atoms with Crippen LogP contribution in [0.25, 0.3) is 0 Å². The van der Waals surface area contributed by atoms with Gasteiger partial charge in [-0.3, -0.25) is 0 Å². The van der Waals surface area contributed by atoms with E-state index in [1.165, 1.54) is 46.5 Å². The maximum absolute atomic E-state index is 14.6. The van der Waals surface area contributed by atoms with Crippen molar-refractivity contribution in [2.75, 3.05) is 19.8 Å². The molecule has 84 heavy (non-hydrogen) atoms. The molecule has 6 atom stereocenters. The Bertz CT molecular complexity index is 2410. The molecule has 0 bridgehead atoms. The maximum atomic E-state index is 14.6. The lowest BCUT2D eigenvalue weighted by Crippen LogP contribution is -2.40. The molecule has 3 aromatic carbocycles. The van der Waals surface area contributed by atoms with Crippen LogP contribution >= 0.6 is 0 Å². The summed E-state index contributed by atoms with van der Waals surface area (Å²) < 4.78 is 201. The molecule has 6 nitrogen and oxygen atoms in total. The van der Waals surface area contributed by atoms with Crippen LogP contribution in [0.5, 0.6) is 17.2 Å². The van der Waals surface area contributed by atoms with E-state index >= 15 is 0 Å².